The van der Waals surface area contributed by atoms with Crippen LogP contribution in [0.25, 0.3) is 0 Å². The van der Waals surface area contributed by atoms with E-state index in [4.69, 9.17) is 14.2 Å². The number of anilines is 2. The van der Waals surface area contributed by atoms with Gasteiger partial charge in [0, 0.05) is 46.4 Å². The first-order chi connectivity index (χ1) is 16.7. The number of hydrogen-bond donors (Lipinski definition) is 1. The first kappa shape index (κ1) is 25.8. The minimum atomic E-state index is 0.293. The van der Waals surface area contributed by atoms with E-state index >= 15 is 0 Å². The van der Waals surface area contributed by atoms with Gasteiger partial charge in [0.15, 0.2) is 0 Å². The molecule has 1 aliphatic rings. The number of rotatable bonds is 14. The minimum Gasteiger partial charge on any atom is -0.462 e. The fourth-order valence-corrected chi connectivity index (χ4v) is 3.56. The first-order valence-electron chi connectivity index (χ1n) is 12.0. The fourth-order valence-electron chi connectivity index (χ4n) is 3.56. The lowest BCUT2D eigenvalue weighted by Crippen LogP contribution is -2.38. The van der Waals surface area contributed by atoms with E-state index < -0.39 is 0 Å². The summed E-state index contributed by atoms with van der Waals surface area (Å²) in [6.07, 6.45) is 3.71. The van der Waals surface area contributed by atoms with E-state index in [0.29, 0.717) is 24.5 Å². The molecule has 1 saturated heterocycles. The second kappa shape index (κ2) is 14.4. The molecular formula is C24H37N7O3. The van der Waals surface area contributed by atoms with Crippen molar-refractivity contribution in [1.82, 2.24) is 19.9 Å². The summed E-state index contributed by atoms with van der Waals surface area (Å²) >= 11 is 0. The first-order valence-corrected chi connectivity index (χ1v) is 12.0. The van der Waals surface area contributed by atoms with Gasteiger partial charge in [-0.25, -0.2) is 5.43 Å². The molecule has 186 valence electrons. The highest BCUT2D eigenvalue weighted by Gasteiger charge is 2.15. The van der Waals surface area contributed by atoms with E-state index in [9.17, 15) is 0 Å². The van der Waals surface area contributed by atoms with Gasteiger partial charge >= 0.3 is 6.01 Å². The van der Waals surface area contributed by atoms with E-state index in [1.54, 1.807) is 13.3 Å². The topological polar surface area (TPSA) is 97.2 Å². The van der Waals surface area contributed by atoms with Crippen molar-refractivity contribution >= 4 is 18.1 Å². The van der Waals surface area contributed by atoms with Crippen molar-refractivity contribution in [2.75, 3.05) is 76.6 Å². The van der Waals surface area contributed by atoms with E-state index in [1.807, 2.05) is 12.1 Å². The quantitative estimate of drug-likeness (QED) is 0.253. The number of nitrogens with one attached hydrogen (secondary N) is 1. The molecule has 3 rings (SSSR count). The van der Waals surface area contributed by atoms with Crippen LogP contribution in [0.4, 0.5) is 11.9 Å². The van der Waals surface area contributed by atoms with Crippen LogP contribution in [0.15, 0.2) is 29.4 Å². The molecule has 2 aromatic rings. The lowest BCUT2D eigenvalue weighted by Gasteiger charge is -2.26. The summed E-state index contributed by atoms with van der Waals surface area (Å²) in [6, 6.07) is 8.40. The van der Waals surface area contributed by atoms with E-state index in [-0.39, 0.29) is 0 Å². The maximum absolute atomic E-state index is 5.92. The minimum absolute atomic E-state index is 0.293. The van der Waals surface area contributed by atoms with Crippen LogP contribution in [0.1, 0.15) is 30.9 Å². The zero-order valence-electron chi connectivity index (χ0n) is 20.6. The molecule has 1 aromatic heterocycles. The Kier molecular flexibility index (Phi) is 11.0. The van der Waals surface area contributed by atoms with E-state index in [0.717, 1.165) is 70.9 Å². The summed E-state index contributed by atoms with van der Waals surface area (Å²) in [5.41, 5.74) is 5.11. The number of hydrogen-bond acceptors (Lipinski definition) is 10. The fraction of sp³-hybridized carbons (Fsp3) is 0.583. The van der Waals surface area contributed by atoms with Crippen LogP contribution in [-0.4, -0.2) is 92.3 Å². The Hall–Kier alpha value is -2.82. The monoisotopic (exact) mass is 471 g/mol. The molecule has 34 heavy (non-hydrogen) atoms. The maximum Gasteiger partial charge on any atom is 0.323 e. The lowest BCUT2D eigenvalue weighted by molar-refractivity contribution is 0.0317. The standard InChI is InChI=1S/C24H37N7O3/c1-4-31(10-5-6-14-32-3)23-26-22(29-25-19-21-9-7-8-20(2)18-21)27-24(28-23)34-17-13-30-11-15-33-16-12-30/h7-9,18-19H,4-6,10-17H2,1-3H3,(H,26,27,28,29). The molecule has 1 aromatic carbocycles. The Labute approximate surface area is 202 Å². The molecule has 1 N–H and O–H groups in total. The Morgan fingerprint density at radius 1 is 1.18 bits per heavy atom. The molecule has 0 aliphatic carbocycles. The maximum atomic E-state index is 5.92. The van der Waals surface area contributed by atoms with Crippen LogP contribution in [-0.2, 0) is 9.47 Å². The molecule has 0 saturated carbocycles. The molecule has 0 amide bonds. The van der Waals surface area contributed by atoms with Crippen molar-refractivity contribution in [3.8, 4) is 6.01 Å². The largest absolute Gasteiger partial charge is 0.462 e. The van der Waals surface area contributed by atoms with Crippen molar-refractivity contribution in [1.29, 1.82) is 0 Å². The second-order valence-corrected chi connectivity index (χ2v) is 8.11. The van der Waals surface area contributed by atoms with Crippen LogP contribution in [0.3, 0.4) is 0 Å². The van der Waals surface area contributed by atoms with E-state index in [2.05, 4.69) is 61.3 Å². The Morgan fingerprint density at radius 3 is 2.79 bits per heavy atom. The van der Waals surface area contributed by atoms with Gasteiger partial charge in [-0.1, -0.05) is 29.8 Å². The molecule has 2 heterocycles. The van der Waals surface area contributed by atoms with Crippen LogP contribution in [0, 0.1) is 6.92 Å². The van der Waals surface area contributed by atoms with Crippen molar-refractivity contribution in [2.45, 2.75) is 26.7 Å². The number of morpholine rings is 1. The van der Waals surface area contributed by atoms with Crippen LogP contribution < -0.4 is 15.1 Å². The zero-order chi connectivity index (χ0) is 24.0. The van der Waals surface area contributed by atoms with Gasteiger partial charge in [-0.2, -0.15) is 20.1 Å². The van der Waals surface area contributed by atoms with E-state index in [1.165, 1.54) is 5.56 Å². The highest BCUT2D eigenvalue weighted by molar-refractivity contribution is 5.80. The van der Waals surface area contributed by atoms with Crippen LogP contribution in [0.2, 0.25) is 0 Å². The average Bonchev–Trinajstić information content (AvgIpc) is 2.85. The number of aromatic nitrogens is 3. The second-order valence-electron chi connectivity index (χ2n) is 8.11. The summed E-state index contributed by atoms with van der Waals surface area (Å²) < 4.78 is 16.5. The average molecular weight is 472 g/mol. The van der Waals surface area contributed by atoms with Crippen molar-refractivity contribution in [3.63, 3.8) is 0 Å². The third-order valence-electron chi connectivity index (χ3n) is 5.46. The molecule has 1 aliphatic heterocycles. The summed E-state index contributed by atoms with van der Waals surface area (Å²) in [4.78, 5) is 18.0. The molecule has 1 fully saturated rings. The van der Waals surface area contributed by atoms with Crippen molar-refractivity contribution < 1.29 is 14.2 Å². The number of methoxy groups -OCH3 is 1. The number of benzene rings is 1. The molecular weight excluding hydrogens is 434 g/mol. The Bertz CT molecular complexity index is 891. The predicted octanol–water partition coefficient (Wildman–Crippen LogP) is 2.59. The van der Waals surface area contributed by atoms with Gasteiger partial charge in [0.2, 0.25) is 5.95 Å². The van der Waals surface area contributed by atoms with Gasteiger partial charge in [-0.05, 0) is 32.3 Å². The number of aryl methyl sites for hydroxylation is 1. The highest BCUT2D eigenvalue weighted by Crippen LogP contribution is 2.16. The molecule has 0 radical (unpaired) electrons. The number of nitrogens with zero attached hydrogens (tertiary/aromatic N) is 6. The Balaban J connectivity index is 1.68. The SMILES string of the molecule is CCN(CCCCOC)c1nc(NN=Cc2cccc(C)c2)nc(OCCN2CCOCC2)n1. The molecule has 0 unspecified atom stereocenters. The number of hydrazone groups is 1. The van der Waals surface area contributed by atoms with Gasteiger partial charge in [-0.15, -0.1) is 0 Å². The van der Waals surface area contributed by atoms with Crippen LogP contribution >= 0.6 is 0 Å². The molecule has 0 atom stereocenters. The lowest BCUT2D eigenvalue weighted by atomic mass is 10.2. The molecule has 10 heteroatoms. The predicted molar refractivity (Wildman–Crippen MR) is 134 cm³/mol. The van der Waals surface area contributed by atoms with Gasteiger partial charge in [0.1, 0.15) is 6.61 Å². The summed E-state index contributed by atoms with van der Waals surface area (Å²) in [5, 5.41) is 4.32. The summed E-state index contributed by atoms with van der Waals surface area (Å²) in [7, 11) is 1.72. The van der Waals surface area contributed by atoms with Gasteiger partial charge in [-0.3, -0.25) is 4.90 Å². The molecule has 0 spiro atoms. The third-order valence-corrected chi connectivity index (χ3v) is 5.46. The third kappa shape index (κ3) is 8.85. The van der Waals surface area contributed by atoms with Gasteiger partial charge in [0.05, 0.1) is 19.4 Å². The summed E-state index contributed by atoms with van der Waals surface area (Å²) in [5.74, 6) is 0.926. The zero-order valence-corrected chi connectivity index (χ0v) is 20.6. The highest BCUT2D eigenvalue weighted by atomic mass is 16.5. The number of unbranched alkanes of at least 4 members (excludes halogenated alkanes) is 1. The molecule has 0 bridgehead atoms. The van der Waals surface area contributed by atoms with Crippen molar-refractivity contribution in [2.24, 2.45) is 5.10 Å². The van der Waals surface area contributed by atoms with Crippen molar-refractivity contribution in [3.05, 3.63) is 35.4 Å². The Morgan fingerprint density at radius 2 is 2.03 bits per heavy atom. The molecule has 10 nitrogen and oxygen atoms in total. The van der Waals surface area contributed by atoms with Gasteiger partial charge < -0.3 is 19.1 Å². The smallest absolute Gasteiger partial charge is 0.323 e. The number of ether oxygens (including phenoxy) is 3. The summed E-state index contributed by atoms with van der Waals surface area (Å²) in [6.45, 7) is 11.1. The normalized spacial score (nSPS) is 14.4. The van der Waals surface area contributed by atoms with Gasteiger partial charge in [0.25, 0.3) is 5.95 Å². The van der Waals surface area contributed by atoms with Crippen LogP contribution in [0.5, 0.6) is 6.01 Å².